The van der Waals surface area contributed by atoms with Gasteiger partial charge in [-0.15, -0.1) is 0 Å². The fourth-order valence-corrected chi connectivity index (χ4v) is 1.33. The number of hydrogen-bond acceptors (Lipinski definition) is 5. The number of nitrogens with one attached hydrogen (secondary N) is 1. The molecule has 1 aromatic carbocycles. The number of aliphatic carboxylic acids is 1. The lowest BCUT2D eigenvalue weighted by Crippen LogP contribution is -2.44. The van der Waals surface area contributed by atoms with Crippen LogP contribution in [0.5, 0.6) is 0 Å². The zero-order chi connectivity index (χ0) is 14.8. The van der Waals surface area contributed by atoms with Crippen molar-refractivity contribution < 1.29 is 28.9 Å². The molecule has 110 valence electrons. The van der Waals surface area contributed by atoms with Gasteiger partial charge in [0.15, 0.2) is 6.04 Å². The average molecular weight is 283 g/mol. The third-order valence-electron chi connectivity index (χ3n) is 2.29. The molecule has 0 aliphatic carbocycles. The van der Waals surface area contributed by atoms with Gasteiger partial charge in [-0.05, 0) is 5.56 Å². The Balaban J connectivity index is 2.36. The van der Waals surface area contributed by atoms with E-state index in [9.17, 15) is 9.59 Å². The molecule has 1 amide bonds. The van der Waals surface area contributed by atoms with E-state index >= 15 is 0 Å². The Labute approximate surface area is 116 Å². The molecule has 0 fully saturated rings. The van der Waals surface area contributed by atoms with E-state index in [1.54, 1.807) is 12.1 Å². The molecule has 0 radical (unpaired) electrons. The summed E-state index contributed by atoms with van der Waals surface area (Å²) in [6, 6.07) is 7.88. The molecule has 0 aliphatic rings. The minimum Gasteiger partial charge on any atom is -0.480 e. The highest BCUT2D eigenvalue weighted by molar-refractivity contribution is 5.79. The summed E-state index contributed by atoms with van der Waals surface area (Å²) in [5, 5.41) is 11.1. The number of ether oxygens (including phenoxy) is 3. The Kier molecular flexibility index (Phi) is 7.08. The molecule has 1 atom stereocenters. The summed E-state index contributed by atoms with van der Waals surface area (Å²) in [6.07, 6.45) is -0.817. The number of amides is 1. The first-order valence-corrected chi connectivity index (χ1v) is 5.90. The summed E-state index contributed by atoms with van der Waals surface area (Å²) in [4.78, 5) is 22.4. The summed E-state index contributed by atoms with van der Waals surface area (Å²) in [7, 11) is 1.41. The van der Waals surface area contributed by atoms with E-state index in [0.717, 1.165) is 5.56 Å². The lowest BCUT2D eigenvalue weighted by Gasteiger charge is -2.14. The predicted molar refractivity (Wildman–Crippen MR) is 69.0 cm³/mol. The molecule has 0 saturated carbocycles. The zero-order valence-corrected chi connectivity index (χ0v) is 11.1. The van der Waals surface area contributed by atoms with Gasteiger partial charge in [-0.3, -0.25) is 0 Å². The minimum atomic E-state index is -1.21. The monoisotopic (exact) mass is 283 g/mol. The van der Waals surface area contributed by atoms with Crippen LogP contribution in [-0.4, -0.2) is 43.7 Å². The van der Waals surface area contributed by atoms with Crippen LogP contribution < -0.4 is 5.32 Å². The highest BCUT2D eigenvalue weighted by Crippen LogP contribution is 2.01. The molecule has 7 nitrogen and oxygen atoms in total. The van der Waals surface area contributed by atoms with Crippen LogP contribution in [0.25, 0.3) is 0 Å². The first kappa shape index (κ1) is 15.9. The van der Waals surface area contributed by atoms with Crippen LogP contribution >= 0.6 is 0 Å². The molecule has 1 aromatic rings. The van der Waals surface area contributed by atoms with E-state index in [1.165, 1.54) is 7.11 Å². The van der Waals surface area contributed by atoms with E-state index in [0.29, 0.717) is 0 Å². The van der Waals surface area contributed by atoms with Crippen LogP contribution in [0.1, 0.15) is 5.56 Å². The normalized spacial score (nSPS) is 11.7. The second kappa shape index (κ2) is 8.89. The van der Waals surface area contributed by atoms with Crippen molar-refractivity contribution in [2.75, 3.05) is 20.5 Å². The van der Waals surface area contributed by atoms with E-state index in [1.807, 2.05) is 18.2 Å². The summed E-state index contributed by atoms with van der Waals surface area (Å²) >= 11 is 0. The van der Waals surface area contributed by atoms with Gasteiger partial charge in [-0.2, -0.15) is 0 Å². The maximum Gasteiger partial charge on any atom is 0.408 e. The Bertz CT molecular complexity index is 422. The summed E-state index contributed by atoms with van der Waals surface area (Å²) in [6.45, 7) is -0.188. The topological polar surface area (TPSA) is 94.1 Å². The Morgan fingerprint density at radius 2 is 2.00 bits per heavy atom. The maximum absolute atomic E-state index is 11.5. The number of alkyl carbamates (subject to hydrolysis) is 1. The van der Waals surface area contributed by atoms with Gasteiger partial charge in [0.1, 0.15) is 13.4 Å². The van der Waals surface area contributed by atoms with Gasteiger partial charge in [0.05, 0.1) is 6.61 Å². The van der Waals surface area contributed by atoms with Crippen LogP contribution in [0.4, 0.5) is 4.79 Å². The molecular weight excluding hydrogens is 266 g/mol. The number of carboxylic acids is 1. The fourth-order valence-electron chi connectivity index (χ4n) is 1.33. The van der Waals surface area contributed by atoms with Gasteiger partial charge in [-0.25, -0.2) is 9.59 Å². The molecule has 1 rings (SSSR count). The van der Waals surface area contributed by atoms with Crippen molar-refractivity contribution in [1.82, 2.24) is 5.32 Å². The average Bonchev–Trinajstić information content (AvgIpc) is 2.45. The van der Waals surface area contributed by atoms with E-state index < -0.39 is 18.1 Å². The van der Waals surface area contributed by atoms with Crippen molar-refractivity contribution >= 4 is 12.1 Å². The fraction of sp³-hybridized carbons (Fsp3) is 0.385. The van der Waals surface area contributed by atoms with Crippen molar-refractivity contribution in [1.29, 1.82) is 0 Å². The third-order valence-corrected chi connectivity index (χ3v) is 2.29. The van der Waals surface area contributed by atoms with Crippen molar-refractivity contribution in [3.63, 3.8) is 0 Å². The van der Waals surface area contributed by atoms with Gasteiger partial charge in [0.25, 0.3) is 0 Å². The summed E-state index contributed by atoms with van der Waals surface area (Å²) < 4.78 is 14.4. The Morgan fingerprint density at radius 3 is 2.60 bits per heavy atom. The SMILES string of the molecule is COCOC[C@H](NC(=O)OCc1ccccc1)C(=O)O. The smallest absolute Gasteiger partial charge is 0.408 e. The molecule has 0 heterocycles. The molecule has 0 aliphatic heterocycles. The van der Waals surface area contributed by atoms with Crippen molar-refractivity contribution in [3.05, 3.63) is 35.9 Å². The minimum absolute atomic E-state index is 0.0511. The molecule has 0 unspecified atom stereocenters. The molecule has 0 spiro atoms. The van der Waals surface area contributed by atoms with E-state index in [-0.39, 0.29) is 20.0 Å². The molecule has 20 heavy (non-hydrogen) atoms. The first-order valence-electron chi connectivity index (χ1n) is 5.90. The van der Waals surface area contributed by atoms with Gasteiger partial charge in [0, 0.05) is 7.11 Å². The van der Waals surface area contributed by atoms with Gasteiger partial charge in [0.2, 0.25) is 0 Å². The summed E-state index contributed by atoms with van der Waals surface area (Å²) in [5.41, 5.74) is 0.810. The van der Waals surface area contributed by atoms with Gasteiger partial charge >= 0.3 is 12.1 Å². The van der Waals surface area contributed by atoms with E-state index in [2.05, 4.69) is 10.1 Å². The van der Waals surface area contributed by atoms with Crippen LogP contribution in [0.2, 0.25) is 0 Å². The van der Waals surface area contributed by atoms with Gasteiger partial charge in [-0.1, -0.05) is 30.3 Å². The number of benzene rings is 1. The predicted octanol–water partition coefficient (Wildman–Crippen LogP) is 0.987. The quantitative estimate of drug-likeness (QED) is 0.545. The molecular formula is C13H17NO6. The molecule has 2 N–H and O–H groups in total. The number of carbonyl (C=O) groups excluding carboxylic acids is 1. The second-order valence-electron chi connectivity index (χ2n) is 3.87. The largest absolute Gasteiger partial charge is 0.480 e. The highest BCUT2D eigenvalue weighted by atomic mass is 16.7. The van der Waals surface area contributed by atoms with Gasteiger partial charge < -0.3 is 24.6 Å². The zero-order valence-electron chi connectivity index (χ0n) is 11.1. The first-order chi connectivity index (χ1) is 9.63. The van der Waals surface area contributed by atoms with E-state index in [4.69, 9.17) is 14.6 Å². The number of hydrogen-bond donors (Lipinski definition) is 2. The Hall–Kier alpha value is -2.12. The third kappa shape index (κ3) is 6.17. The summed E-state index contributed by atoms with van der Waals surface area (Å²) in [5.74, 6) is -1.21. The van der Waals surface area contributed by atoms with Crippen molar-refractivity contribution in [2.24, 2.45) is 0 Å². The van der Waals surface area contributed by atoms with Crippen LogP contribution in [0.15, 0.2) is 30.3 Å². The molecule has 7 heteroatoms. The Morgan fingerprint density at radius 1 is 1.30 bits per heavy atom. The number of carboxylic acid groups (broad SMARTS) is 1. The molecule has 0 bridgehead atoms. The lowest BCUT2D eigenvalue weighted by atomic mass is 10.2. The standard InChI is InChI=1S/C13H17NO6/c1-18-9-19-8-11(12(15)16)14-13(17)20-7-10-5-3-2-4-6-10/h2-6,11H,7-9H2,1H3,(H,14,17)(H,15,16)/t11-/m0/s1. The second-order valence-corrected chi connectivity index (χ2v) is 3.87. The van der Waals surface area contributed by atoms with Crippen LogP contribution in [0.3, 0.4) is 0 Å². The number of carbonyl (C=O) groups is 2. The number of rotatable bonds is 8. The highest BCUT2D eigenvalue weighted by Gasteiger charge is 2.20. The van der Waals surface area contributed by atoms with Crippen LogP contribution in [0, 0.1) is 0 Å². The lowest BCUT2D eigenvalue weighted by molar-refractivity contribution is -0.142. The number of methoxy groups -OCH3 is 1. The van der Waals surface area contributed by atoms with Crippen LogP contribution in [-0.2, 0) is 25.6 Å². The van der Waals surface area contributed by atoms with Crippen molar-refractivity contribution in [2.45, 2.75) is 12.6 Å². The maximum atomic E-state index is 11.5. The molecule has 0 saturated heterocycles. The molecule has 0 aromatic heterocycles. The van der Waals surface area contributed by atoms with Crippen molar-refractivity contribution in [3.8, 4) is 0 Å².